The van der Waals surface area contributed by atoms with Crippen LogP contribution in [0.2, 0.25) is 0 Å². The van der Waals surface area contributed by atoms with Gasteiger partial charge < -0.3 is 4.79 Å². The zero-order valence-corrected chi connectivity index (χ0v) is 9.26. The first-order valence-corrected chi connectivity index (χ1v) is 5.38. The number of aryl methyl sites for hydroxylation is 1. The van der Waals surface area contributed by atoms with Gasteiger partial charge in [-0.1, -0.05) is 54.6 Å². The fourth-order valence-electron chi connectivity index (χ4n) is 1.93. The standard InChI is InChI=1S/C15H14O/c1-12-7-5-6-10-14(12)15(11-16)13-8-3-2-4-9-13/h2-11,15H,1H3/t15-/m1/s1. The van der Waals surface area contributed by atoms with E-state index in [1.807, 2.05) is 61.5 Å². The first kappa shape index (κ1) is 10.6. The van der Waals surface area contributed by atoms with Gasteiger partial charge in [0.05, 0.1) is 5.92 Å². The van der Waals surface area contributed by atoms with E-state index >= 15 is 0 Å². The van der Waals surface area contributed by atoms with Crippen LogP contribution < -0.4 is 0 Å². The van der Waals surface area contributed by atoms with Crippen LogP contribution in [0.5, 0.6) is 0 Å². The summed E-state index contributed by atoms with van der Waals surface area (Å²) in [5.41, 5.74) is 3.29. The van der Waals surface area contributed by atoms with Crippen LogP contribution in [0.3, 0.4) is 0 Å². The Morgan fingerprint density at radius 2 is 1.56 bits per heavy atom. The Morgan fingerprint density at radius 1 is 0.938 bits per heavy atom. The SMILES string of the molecule is Cc1ccccc1[C@H](C=O)c1ccccc1. The number of hydrogen-bond donors (Lipinski definition) is 0. The molecule has 0 aromatic heterocycles. The summed E-state index contributed by atoms with van der Waals surface area (Å²) in [5.74, 6) is -0.151. The van der Waals surface area contributed by atoms with Crippen molar-refractivity contribution >= 4 is 6.29 Å². The average Bonchev–Trinajstić information content (AvgIpc) is 2.34. The summed E-state index contributed by atoms with van der Waals surface area (Å²) in [6.07, 6.45) is 1.01. The molecule has 0 spiro atoms. The van der Waals surface area contributed by atoms with Gasteiger partial charge in [0.1, 0.15) is 6.29 Å². The predicted octanol–water partition coefficient (Wildman–Crippen LogP) is 3.33. The molecule has 0 saturated heterocycles. The van der Waals surface area contributed by atoms with Crippen LogP contribution in [-0.2, 0) is 4.79 Å². The van der Waals surface area contributed by atoms with Crippen LogP contribution in [0.4, 0.5) is 0 Å². The Balaban J connectivity index is 2.45. The molecule has 0 amide bonds. The van der Waals surface area contributed by atoms with Crippen LogP contribution in [0.15, 0.2) is 54.6 Å². The molecule has 2 aromatic carbocycles. The van der Waals surface area contributed by atoms with Crippen molar-refractivity contribution < 1.29 is 4.79 Å². The Kier molecular flexibility index (Phi) is 3.16. The Hall–Kier alpha value is -1.89. The average molecular weight is 210 g/mol. The van der Waals surface area contributed by atoms with Crippen LogP contribution in [-0.4, -0.2) is 6.29 Å². The van der Waals surface area contributed by atoms with Crippen molar-refractivity contribution in [2.45, 2.75) is 12.8 Å². The molecular formula is C15H14O. The van der Waals surface area contributed by atoms with Gasteiger partial charge in [-0.25, -0.2) is 0 Å². The summed E-state index contributed by atoms with van der Waals surface area (Å²) in [6, 6.07) is 17.9. The molecule has 0 bridgehead atoms. The van der Waals surface area contributed by atoms with Crippen LogP contribution in [0, 0.1) is 6.92 Å². The van der Waals surface area contributed by atoms with Gasteiger partial charge in [-0.2, -0.15) is 0 Å². The van der Waals surface area contributed by atoms with E-state index in [0.29, 0.717) is 0 Å². The third-order valence-corrected chi connectivity index (χ3v) is 2.82. The van der Waals surface area contributed by atoms with Gasteiger partial charge >= 0.3 is 0 Å². The number of hydrogen-bond acceptors (Lipinski definition) is 1. The second kappa shape index (κ2) is 4.75. The van der Waals surface area contributed by atoms with E-state index in [1.54, 1.807) is 0 Å². The van der Waals surface area contributed by atoms with E-state index in [4.69, 9.17) is 0 Å². The molecule has 0 saturated carbocycles. The van der Waals surface area contributed by atoms with Gasteiger partial charge in [0, 0.05) is 0 Å². The molecule has 16 heavy (non-hydrogen) atoms. The van der Waals surface area contributed by atoms with Crippen LogP contribution in [0.25, 0.3) is 0 Å². The van der Waals surface area contributed by atoms with Crippen LogP contribution >= 0.6 is 0 Å². The minimum Gasteiger partial charge on any atom is -0.302 e. The van der Waals surface area contributed by atoms with Crippen LogP contribution in [0.1, 0.15) is 22.6 Å². The van der Waals surface area contributed by atoms with Gasteiger partial charge in [0.15, 0.2) is 0 Å². The zero-order chi connectivity index (χ0) is 11.4. The fourth-order valence-corrected chi connectivity index (χ4v) is 1.93. The number of rotatable bonds is 3. The highest BCUT2D eigenvalue weighted by atomic mass is 16.1. The molecule has 1 nitrogen and oxygen atoms in total. The van der Waals surface area contributed by atoms with E-state index < -0.39 is 0 Å². The molecule has 0 fully saturated rings. The Morgan fingerprint density at radius 3 is 2.19 bits per heavy atom. The predicted molar refractivity (Wildman–Crippen MR) is 65.5 cm³/mol. The Bertz CT molecular complexity index is 474. The van der Waals surface area contributed by atoms with Gasteiger partial charge in [-0.05, 0) is 23.6 Å². The van der Waals surface area contributed by atoms with Crippen molar-refractivity contribution in [3.05, 3.63) is 71.3 Å². The molecular weight excluding hydrogens is 196 g/mol. The molecule has 0 aliphatic carbocycles. The molecule has 0 unspecified atom stereocenters. The summed E-state index contributed by atoms with van der Waals surface area (Å²) in [4.78, 5) is 11.3. The lowest BCUT2D eigenvalue weighted by atomic mass is 9.90. The third-order valence-electron chi connectivity index (χ3n) is 2.82. The lowest BCUT2D eigenvalue weighted by Crippen LogP contribution is -2.04. The second-order valence-electron chi connectivity index (χ2n) is 3.88. The topological polar surface area (TPSA) is 17.1 Å². The summed E-state index contributed by atoms with van der Waals surface area (Å²) < 4.78 is 0. The summed E-state index contributed by atoms with van der Waals surface area (Å²) in [6.45, 7) is 2.04. The van der Waals surface area contributed by atoms with E-state index in [0.717, 1.165) is 23.0 Å². The smallest absolute Gasteiger partial charge is 0.131 e. The first-order chi connectivity index (χ1) is 7.83. The molecule has 2 aromatic rings. The molecule has 0 heterocycles. The highest BCUT2D eigenvalue weighted by Gasteiger charge is 2.13. The van der Waals surface area contributed by atoms with Gasteiger partial charge in [0.25, 0.3) is 0 Å². The minimum atomic E-state index is -0.151. The number of benzene rings is 2. The maximum atomic E-state index is 11.3. The summed E-state index contributed by atoms with van der Waals surface area (Å²) in [7, 11) is 0. The largest absolute Gasteiger partial charge is 0.302 e. The van der Waals surface area contributed by atoms with Crippen molar-refractivity contribution in [2.24, 2.45) is 0 Å². The van der Waals surface area contributed by atoms with Gasteiger partial charge in [-0.15, -0.1) is 0 Å². The van der Waals surface area contributed by atoms with E-state index in [-0.39, 0.29) is 5.92 Å². The van der Waals surface area contributed by atoms with Crippen molar-refractivity contribution in [3.8, 4) is 0 Å². The third kappa shape index (κ3) is 2.03. The normalized spacial score (nSPS) is 12.1. The van der Waals surface area contributed by atoms with Crippen molar-refractivity contribution in [1.29, 1.82) is 0 Å². The molecule has 2 rings (SSSR count). The minimum absolute atomic E-state index is 0.151. The number of aldehydes is 1. The molecule has 0 aliphatic heterocycles. The summed E-state index contributed by atoms with van der Waals surface area (Å²) >= 11 is 0. The highest BCUT2D eigenvalue weighted by Crippen LogP contribution is 2.24. The first-order valence-electron chi connectivity index (χ1n) is 5.38. The quantitative estimate of drug-likeness (QED) is 0.710. The lowest BCUT2D eigenvalue weighted by molar-refractivity contribution is -0.108. The molecule has 1 atom stereocenters. The monoisotopic (exact) mass is 210 g/mol. The lowest BCUT2D eigenvalue weighted by Gasteiger charge is -2.13. The molecule has 0 radical (unpaired) electrons. The van der Waals surface area contributed by atoms with Gasteiger partial charge in [0.2, 0.25) is 0 Å². The fraction of sp³-hybridized carbons (Fsp3) is 0.133. The molecule has 80 valence electrons. The summed E-state index contributed by atoms with van der Waals surface area (Å²) in [5, 5.41) is 0. The van der Waals surface area contributed by atoms with Gasteiger partial charge in [-0.3, -0.25) is 0 Å². The molecule has 1 heteroatoms. The maximum absolute atomic E-state index is 11.3. The van der Waals surface area contributed by atoms with E-state index in [2.05, 4.69) is 0 Å². The van der Waals surface area contributed by atoms with Crippen molar-refractivity contribution in [2.75, 3.05) is 0 Å². The maximum Gasteiger partial charge on any atom is 0.131 e. The molecule has 0 N–H and O–H groups in total. The molecule has 0 aliphatic rings. The zero-order valence-electron chi connectivity index (χ0n) is 9.26. The number of carbonyl (C=O) groups is 1. The second-order valence-corrected chi connectivity index (χ2v) is 3.88. The highest BCUT2D eigenvalue weighted by molar-refractivity contribution is 5.69. The van der Waals surface area contributed by atoms with Crippen molar-refractivity contribution in [3.63, 3.8) is 0 Å². The van der Waals surface area contributed by atoms with Crippen molar-refractivity contribution in [1.82, 2.24) is 0 Å². The van der Waals surface area contributed by atoms with E-state index in [9.17, 15) is 4.79 Å². The Labute approximate surface area is 95.7 Å². The van der Waals surface area contributed by atoms with E-state index in [1.165, 1.54) is 0 Å². The number of carbonyl (C=O) groups excluding carboxylic acids is 1.